The van der Waals surface area contributed by atoms with Gasteiger partial charge in [0.1, 0.15) is 16.1 Å². The van der Waals surface area contributed by atoms with Crippen molar-refractivity contribution < 1.29 is 4.79 Å². The molecular formula is C21H25N5OS2. The first kappa shape index (κ1) is 20.1. The Balaban J connectivity index is 1.42. The van der Waals surface area contributed by atoms with E-state index >= 15 is 0 Å². The van der Waals surface area contributed by atoms with Crippen molar-refractivity contribution in [2.75, 3.05) is 29.1 Å². The van der Waals surface area contributed by atoms with E-state index in [2.05, 4.69) is 34.0 Å². The van der Waals surface area contributed by atoms with Gasteiger partial charge in [0.2, 0.25) is 5.91 Å². The molecule has 1 aliphatic heterocycles. The molecule has 152 valence electrons. The highest BCUT2D eigenvalue weighted by Crippen LogP contribution is 2.35. The van der Waals surface area contributed by atoms with Gasteiger partial charge in [-0.1, -0.05) is 49.1 Å². The van der Waals surface area contributed by atoms with Crippen molar-refractivity contribution >= 4 is 50.2 Å². The van der Waals surface area contributed by atoms with E-state index in [1.165, 1.54) is 36.5 Å². The van der Waals surface area contributed by atoms with E-state index in [1.54, 1.807) is 11.3 Å². The second-order valence-electron chi connectivity index (χ2n) is 7.41. The second-order valence-corrected chi connectivity index (χ2v) is 9.35. The van der Waals surface area contributed by atoms with Crippen molar-refractivity contribution in [3.8, 4) is 0 Å². The molecule has 0 bridgehead atoms. The van der Waals surface area contributed by atoms with Crippen molar-refractivity contribution in [2.45, 2.75) is 38.1 Å². The standard InChI is InChI=1S/C21H25N5OS2/c1-3-15-6-8-16(9-7-15)24-17(27)12-28-20-18-19(22-13-23-20)25-21(29-18)26-10-4-5-14(2)11-26/h6-9,13-14H,3-5,10-12H2,1-2H3,(H,24,27). The Kier molecular flexibility index (Phi) is 6.30. The molecule has 29 heavy (non-hydrogen) atoms. The third-order valence-electron chi connectivity index (χ3n) is 5.06. The highest BCUT2D eigenvalue weighted by molar-refractivity contribution is 8.00. The summed E-state index contributed by atoms with van der Waals surface area (Å²) < 4.78 is 0.964. The van der Waals surface area contributed by atoms with Crippen LogP contribution in [0.15, 0.2) is 35.6 Å². The molecule has 0 radical (unpaired) electrons. The van der Waals surface area contributed by atoms with E-state index in [-0.39, 0.29) is 5.91 Å². The van der Waals surface area contributed by atoms with E-state index in [1.807, 2.05) is 24.3 Å². The fourth-order valence-corrected chi connectivity index (χ4v) is 5.40. The number of thioether (sulfide) groups is 1. The van der Waals surface area contributed by atoms with E-state index in [0.29, 0.717) is 11.7 Å². The summed E-state index contributed by atoms with van der Waals surface area (Å²) in [5.74, 6) is 0.946. The maximum atomic E-state index is 12.4. The van der Waals surface area contributed by atoms with Crippen molar-refractivity contribution in [3.63, 3.8) is 0 Å². The summed E-state index contributed by atoms with van der Waals surface area (Å²) in [6.07, 6.45) is 5.00. The van der Waals surface area contributed by atoms with Gasteiger partial charge in [-0.15, -0.1) is 0 Å². The van der Waals surface area contributed by atoms with Gasteiger partial charge in [-0.25, -0.2) is 9.97 Å². The van der Waals surface area contributed by atoms with Gasteiger partial charge < -0.3 is 10.2 Å². The number of benzene rings is 1. The lowest BCUT2D eigenvalue weighted by atomic mass is 10.0. The highest BCUT2D eigenvalue weighted by atomic mass is 32.2. The molecule has 1 atom stereocenters. The number of thiazole rings is 1. The molecule has 1 aromatic carbocycles. The van der Waals surface area contributed by atoms with Gasteiger partial charge in [-0.2, -0.15) is 4.98 Å². The molecule has 1 aliphatic rings. The third-order valence-corrected chi connectivity index (χ3v) is 7.29. The van der Waals surface area contributed by atoms with Crippen LogP contribution in [-0.4, -0.2) is 39.7 Å². The quantitative estimate of drug-likeness (QED) is 0.457. The SMILES string of the molecule is CCc1ccc(NC(=O)CSc2ncnc3nc(N4CCCC(C)C4)sc23)cc1. The molecule has 3 aromatic rings. The topological polar surface area (TPSA) is 71.0 Å². The number of carbonyl (C=O) groups excluding carboxylic acids is 1. The maximum absolute atomic E-state index is 12.4. The van der Waals surface area contributed by atoms with E-state index < -0.39 is 0 Å². The minimum absolute atomic E-state index is 0.0411. The average molecular weight is 428 g/mol. The fraction of sp³-hybridized carbons (Fsp3) is 0.429. The van der Waals surface area contributed by atoms with Crippen molar-refractivity contribution in [3.05, 3.63) is 36.2 Å². The Hall–Kier alpha value is -2.19. The Morgan fingerprint density at radius 1 is 1.31 bits per heavy atom. The molecule has 0 saturated carbocycles. The summed E-state index contributed by atoms with van der Waals surface area (Å²) in [6.45, 7) is 6.48. The molecule has 6 nitrogen and oxygen atoms in total. The number of fused-ring (bicyclic) bond motifs is 1. The lowest BCUT2D eigenvalue weighted by molar-refractivity contribution is -0.113. The number of anilines is 2. The summed E-state index contributed by atoms with van der Waals surface area (Å²) in [5, 5.41) is 4.78. The van der Waals surface area contributed by atoms with Crippen LogP contribution in [0.1, 0.15) is 32.3 Å². The Labute approximate surface area is 179 Å². The van der Waals surface area contributed by atoms with E-state index in [9.17, 15) is 4.79 Å². The summed E-state index contributed by atoms with van der Waals surface area (Å²) >= 11 is 3.06. The number of aromatic nitrogens is 3. The number of nitrogens with zero attached hydrogens (tertiary/aromatic N) is 4. The van der Waals surface area contributed by atoms with Crippen LogP contribution in [0.5, 0.6) is 0 Å². The van der Waals surface area contributed by atoms with Crippen LogP contribution in [0.3, 0.4) is 0 Å². The molecule has 1 saturated heterocycles. The lowest BCUT2D eigenvalue weighted by Crippen LogP contribution is -2.34. The molecule has 4 rings (SSSR count). The number of hydrogen-bond donors (Lipinski definition) is 1. The number of rotatable bonds is 6. The molecule has 1 unspecified atom stereocenters. The van der Waals surface area contributed by atoms with Gasteiger partial charge in [-0.05, 0) is 42.9 Å². The third kappa shape index (κ3) is 4.87. The molecular weight excluding hydrogens is 402 g/mol. The van der Waals surface area contributed by atoms with Crippen LogP contribution in [-0.2, 0) is 11.2 Å². The first-order valence-corrected chi connectivity index (χ1v) is 11.8. The number of aryl methyl sites for hydroxylation is 1. The summed E-state index contributed by atoms with van der Waals surface area (Å²) in [5.41, 5.74) is 2.79. The molecule has 8 heteroatoms. The summed E-state index contributed by atoms with van der Waals surface area (Å²) in [4.78, 5) is 28.2. The van der Waals surface area contributed by atoms with Crippen LogP contribution in [0, 0.1) is 5.92 Å². The molecule has 1 N–H and O–H groups in total. The van der Waals surface area contributed by atoms with Crippen LogP contribution >= 0.6 is 23.1 Å². The maximum Gasteiger partial charge on any atom is 0.234 e. The lowest BCUT2D eigenvalue weighted by Gasteiger charge is -2.30. The number of nitrogens with one attached hydrogen (secondary N) is 1. The van der Waals surface area contributed by atoms with Crippen molar-refractivity contribution in [1.29, 1.82) is 0 Å². The average Bonchev–Trinajstić information content (AvgIpc) is 3.18. The zero-order valence-electron chi connectivity index (χ0n) is 16.7. The largest absolute Gasteiger partial charge is 0.348 e. The minimum atomic E-state index is -0.0411. The van der Waals surface area contributed by atoms with Gasteiger partial charge in [0, 0.05) is 18.8 Å². The van der Waals surface area contributed by atoms with Crippen molar-refractivity contribution in [1.82, 2.24) is 15.0 Å². The smallest absolute Gasteiger partial charge is 0.234 e. The highest BCUT2D eigenvalue weighted by Gasteiger charge is 2.21. The number of carbonyl (C=O) groups is 1. The summed E-state index contributed by atoms with van der Waals surface area (Å²) in [6, 6.07) is 7.97. The van der Waals surface area contributed by atoms with Crippen molar-refractivity contribution in [2.24, 2.45) is 5.92 Å². The predicted octanol–water partition coefficient (Wildman–Crippen LogP) is 4.62. The Bertz CT molecular complexity index is 988. The Morgan fingerprint density at radius 2 is 2.14 bits per heavy atom. The predicted molar refractivity (Wildman–Crippen MR) is 121 cm³/mol. The van der Waals surface area contributed by atoms with Crippen LogP contribution in [0.4, 0.5) is 10.8 Å². The van der Waals surface area contributed by atoms with Gasteiger partial charge in [-0.3, -0.25) is 4.79 Å². The molecule has 1 fully saturated rings. The monoisotopic (exact) mass is 427 g/mol. The van der Waals surface area contributed by atoms with Crippen LogP contribution in [0.25, 0.3) is 10.3 Å². The normalized spacial score (nSPS) is 16.9. The van der Waals surface area contributed by atoms with Gasteiger partial charge >= 0.3 is 0 Å². The number of hydrogen-bond acceptors (Lipinski definition) is 7. The molecule has 0 aliphatic carbocycles. The minimum Gasteiger partial charge on any atom is -0.348 e. The molecule has 1 amide bonds. The first-order chi connectivity index (χ1) is 14.1. The molecule has 3 heterocycles. The zero-order chi connectivity index (χ0) is 20.2. The second kappa shape index (κ2) is 9.09. The van der Waals surface area contributed by atoms with E-state index in [4.69, 9.17) is 4.98 Å². The first-order valence-electron chi connectivity index (χ1n) is 10.0. The fourth-order valence-electron chi connectivity index (χ4n) is 3.48. The summed E-state index contributed by atoms with van der Waals surface area (Å²) in [7, 11) is 0. The van der Waals surface area contributed by atoms with Crippen LogP contribution < -0.4 is 10.2 Å². The number of piperidine rings is 1. The van der Waals surface area contributed by atoms with Gasteiger partial charge in [0.05, 0.1) is 5.75 Å². The molecule has 2 aromatic heterocycles. The number of amides is 1. The van der Waals surface area contributed by atoms with Crippen LogP contribution in [0.2, 0.25) is 0 Å². The molecule has 0 spiro atoms. The zero-order valence-corrected chi connectivity index (χ0v) is 18.4. The Morgan fingerprint density at radius 3 is 2.90 bits per heavy atom. The van der Waals surface area contributed by atoms with Gasteiger partial charge in [0.25, 0.3) is 0 Å². The van der Waals surface area contributed by atoms with Gasteiger partial charge in [0.15, 0.2) is 10.8 Å². The van der Waals surface area contributed by atoms with E-state index in [0.717, 1.165) is 45.7 Å².